The molecule has 0 bridgehead atoms. The number of fused-ring (bicyclic) bond motifs is 3. The number of carbonyl (C=O) groups is 2. The van der Waals surface area contributed by atoms with Crippen LogP contribution in [0.5, 0.6) is 0 Å². The van der Waals surface area contributed by atoms with E-state index in [1.807, 2.05) is 54.6 Å². The molecule has 5 rings (SSSR count). The van der Waals surface area contributed by atoms with Crippen molar-refractivity contribution in [1.29, 1.82) is 0 Å². The number of allylic oxidation sites excluding steroid dienone is 1. The van der Waals surface area contributed by atoms with Crippen molar-refractivity contribution in [3.8, 4) is 0 Å². The molecule has 4 heteroatoms. The Kier molecular flexibility index (Phi) is 6.10. The summed E-state index contributed by atoms with van der Waals surface area (Å²) >= 11 is 0. The van der Waals surface area contributed by atoms with E-state index >= 15 is 0 Å². The number of carbonyl (C=O) groups excluding carboxylic acids is 2. The van der Waals surface area contributed by atoms with Crippen molar-refractivity contribution in [1.82, 2.24) is 4.57 Å². The summed E-state index contributed by atoms with van der Waals surface area (Å²) in [4.78, 5) is 25.1. The summed E-state index contributed by atoms with van der Waals surface area (Å²) < 4.78 is 2.18. The first-order valence-electron chi connectivity index (χ1n) is 11.4. The fraction of sp³-hybridized carbons (Fsp3) is 0.0323. The van der Waals surface area contributed by atoms with Crippen LogP contribution < -0.4 is 5.32 Å². The van der Waals surface area contributed by atoms with Gasteiger partial charge in [-0.15, -0.1) is 0 Å². The van der Waals surface area contributed by atoms with Gasteiger partial charge in [-0.3, -0.25) is 9.59 Å². The first kappa shape index (κ1) is 22.1. The summed E-state index contributed by atoms with van der Waals surface area (Å²) in [6, 6.07) is 31.1. The summed E-state index contributed by atoms with van der Waals surface area (Å²) in [5.41, 5.74) is 5.31. The Hall–Kier alpha value is -4.70. The molecule has 4 aromatic carbocycles. The minimum atomic E-state index is -0.252. The Bertz CT molecular complexity index is 1610. The predicted octanol–water partition coefficient (Wildman–Crippen LogP) is 6.88. The van der Waals surface area contributed by atoms with E-state index in [0.29, 0.717) is 11.3 Å². The quantitative estimate of drug-likeness (QED) is 0.224. The molecule has 1 heterocycles. The average molecular weight is 457 g/mol. The minimum absolute atomic E-state index is 0.126. The van der Waals surface area contributed by atoms with Crippen LogP contribution in [0.4, 0.5) is 5.69 Å². The number of anilines is 1. The van der Waals surface area contributed by atoms with Crippen LogP contribution in [0.1, 0.15) is 21.5 Å². The van der Waals surface area contributed by atoms with Crippen LogP contribution in [0, 0.1) is 0 Å². The summed E-state index contributed by atoms with van der Waals surface area (Å²) in [5.74, 6) is -0.378. The lowest BCUT2D eigenvalue weighted by Crippen LogP contribution is -2.08. The van der Waals surface area contributed by atoms with Gasteiger partial charge in [-0.25, -0.2) is 0 Å². The zero-order chi connectivity index (χ0) is 24.2. The number of hydrogen-bond donors (Lipinski definition) is 1. The number of hydrogen-bond acceptors (Lipinski definition) is 2. The largest absolute Gasteiger partial charge is 0.344 e. The van der Waals surface area contributed by atoms with E-state index in [2.05, 4.69) is 41.2 Å². The first-order valence-corrected chi connectivity index (χ1v) is 11.4. The molecule has 0 atom stereocenters. The van der Waals surface area contributed by atoms with E-state index in [0.717, 1.165) is 22.0 Å². The van der Waals surface area contributed by atoms with Gasteiger partial charge >= 0.3 is 0 Å². The summed E-state index contributed by atoms with van der Waals surface area (Å²) in [7, 11) is 2.06. The number of aromatic nitrogens is 1. The van der Waals surface area contributed by atoms with Crippen LogP contribution in [0.15, 0.2) is 109 Å². The molecule has 0 fully saturated rings. The summed E-state index contributed by atoms with van der Waals surface area (Å²) in [5, 5.41) is 5.17. The highest BCUT2D eigenvalue weighted by Gasteiger charge is 2.08. The molecule has 0 unspecified atom stereocenters. The molecule has 35 heavy (non-hydrogen) atoms. The van der Waals surface area contributed by atoms with Crippen LogP contribution in [0.25, 0.3) is 34.0 Å². The maximum atomic E-state index is 12.8. The van der Waals surface area contributed by atoms with Crippen molar-refractivity contribution in [2.45, 2.75) is 0 Å². The van der Waals surface area contributed by atoms with E-state index in [-0.39, 0.29) is 11.7 Å². The molecular formula is C31H24N2O2. The number of benzene rings is 4. The van der Waals surface area contributed by atoms with Gasteiger partial charge < -0.3 is 9.88 Å². The highest BCUT2D eigenvalue weighted by atomic mass is 16.1. The molecule has 1 aromatic heterocycles. The normalized spacial score (nSPS) is 11.6. The highest BCUT2D eigenvalue weighted by Crippen LogP contribution is 2.29. The molecule has 5 aromatic rings. The third-order valence-corrected chi connectivity index (χ3v) is 6.01. The van der Waals surface area contributed by atoms with Crippen molar-refractivity contribution in [2.75, 3.05) is 5.32 Å². The first-order chi connectivity index (χ1) is 17.1. The number of para-hydroxylation sites is 1. The Labute approximate surface area is 203 Å². The zero-order valence-electron chi connectivity index (χ0n) is 19.3. The topological polar surface area (TPSA) is 51.1 Å². The molecule has 0 radical (unpaired) electrons. The fourth-order valence-corrected chi connectivity index (χ4v) is 4.23. The zero-order valence-corrected chi connectivity index (χ0v) is 19.3. The van der Waals surface area contributed by atoms with Crippen molar-refractivity contribution in [2.24, 2.45) is 7.05 Å². The highest BCUT2D eigenvalue weighted by molar-refractivity contribution is 6.10. The number of amides is 1. The fourth-order valence-electron chi connectivity index (χ4n) is 4.23. The molecule has 0 aliphatic heterocycles. The van der Waals surface area contributed by atoms with E-state index < -0.39 is 0 Å². The van der Waals surface area contributed by atoms with Crippen LogP contribution in [-0.4, -0.2) is 16.3 Å². The molecule has 1 N–H and O–H groups in total. The van der Waals surface area contributed by atoms with Gasteiger partial charge in [-0.05, 0) is 53.6 Å². The van der Waals surface area contributed by atoms with Gasteiger partial charge in [-0.1, -0.05) is 72.8 Å². The summed E-state index contributed by atoms with van der Waals surface area (Å²) in [6.07, 6.45) is 6.63. The van der Waals surface area contributed by atoms with Crippen LogP contribution in [0.3, 0.4) is 0 Å². The molecule has 0 aliphatic carbocycles. The van der Waals surface area contributed by atoms with Gasteiger partial charge in [0.15, 0.2) is 5.78 Å². The monoisotopic (exact) mass is 456 g/mol. The van der Waals surface area contributed by atoms with Crippen LogP contribution in [0.2, 0.25) is 0 Å². The lowest BCUT2D eigenvalue weighted by molar-refractivity contribution is -0.111. The lowest BCUT2D eigenvalue weighted by atomic mass is 10.1. The van der Waals surface area contributed by atoms with Gasteiger partial charge in [0, 0.05) is 46.2 Å². The molecular weight excluding hydrogens is 432 g/mol. The number of ketones is 1. The smallest absolute Gasteiger partial charge is 0.248 e. The molecule has 0 saturated heterocycles. The Morgan fingerprint density at radius 2 is 1.43 bits per heavy atom. The molecule has 0 saturated carbocycles. The Morgan fingerprint density at radius 3 is 2.29 bits per heavy atom. The number of nitrogens with one attached hydrogen (secondary N) is 1. The van der Waals surface area contributed by atoms with Crippen LogP contribution >= 0.6 is 0 Å². The maximum absolute atomic E-state index is 12.8. The minimum Gasteiger partial charge on any atom is -0.344 e. The molecule has 0 aliphatic rings. The maximum Gasteiger partial charge on any atom is 0.248 e. The van der Waals surface area contributed by atoms with Gasteiger partial charge in [-0.2, -0.15) is 0 Å². The SMILES string of the molecule is Cn1c2ccccc2c2cc(/C=C/C(=O)c3cccc(NC(=O)/C=C/c4ccccc4)c3)ccc21. The second kappa shape index (κ2) is 9.65. The molecule has 0 spiro atoms. The van der Waals surface area contributed by atoms with Crippen LogP contribution in [-0.2, 0) is 11.8 Å². The second-order valence-electron chi connectivity index (χ2n) is 8.36. The van der Waals surface area contributed by atoms with E-state index in [9.17, 15) is 9.59 Å². The third-order valence-electron chi connectivity index (χ3n) is 6.01. The number of aryl methyl sites for hydroxylation is 1. The van der Waals surface area contributed by atoms with E-state index in [1.165, 1.54) is 17.0 Å². The average Bonchev–Trinajstić information content (AvgIpc) is 3.18. The molecule has 4 nitrogen and oxygen atoms in total. The van der Waals surface area contributed by atoms with Gasteiger partial charge in [0.2, 0.25) is 5.91 Å². The molecule has 1 amide bonds. The lowest BCUT2D eigenvalue weighted by Gasteiger charge is -2.04. The second-order valence-corrected chi connectivity index (χ2v) is 8.36. The molecule has 170 valence electrons. The third kappa shape index (κ3) is 4.82. The van der Waals surface area contributed by atoms with Gasteiger partial charge in [0.05, 0.1) is 0 Å². The summed E-state index contributed by atoms with van der Waals surface area (Å²) in [6.45, 7) is 0. The van der Waals surface area contributed by atoms with Gasteiger partial charge in [0.25, 0.3) is 0 Å². The van der Waals surface area contributed by atoms with Gasteiger partial charge in [0.1, 0.15) is 0 Å². The number of rotatable bonds is 6. The van der Waals surface area contributed by atoms with Crippen molar-refractivity contribution < 1.29 is 9.59 Å². The standard InChI is InChI=1S/C31H24N2O2/c1-33-28-13-6-5-12-26(28)27-20-23(14-17-29(27)33)15-18-30(34)24-10-7-11-25(21-24)32-31(35)19-16-22-8-3-2-4-9-22/h2-21H,1H3,(H,32,35)/b18-15+,19-16+. The van der Waals surface area contributed by atoms with Crippen molar-refractivity contribution in [3.05, 3.63) is 126 Å². The Morgan fingerprint density at radius 1 is 0.686 bits per heavy atom. The van der Waals surface area contributed by atoms with E-state index in [1.54, 1.807) is 36.4 Å². The Balaban J connectivity index is 1.31. The van der Waals surface area contributed by atoms with Crippen molar-refractivity contribution >= 4 is 51.3 Å². The number of nitrogens with zero attached hydrogens (tertiary/aromatic N) is 1. The van der Waals surface area contributed by atoms with E-state index in [4.69, 9.17) is 0 Å². The van der Waals surface area contributed by atoms with Crippen molar-refractivity contribution in [3.63, 3.8) is 0 Å². The predicted molar refractivity (Wildman–Crippen MR) is 144 cm³/mol.